The highest BCUT2D eigenvalue weighted by molar-refractivity contribution is 7.86. The molecule has 0 saturated carbocycles. The SMILES string of the molecule is Cl.Nc1ncnc2c1ncn2[C@@H]1O[C@H](COC(=O)c2ccc(S(=O)(=O)F)cc2)[C@@H](O)[C@H]1O. The Kier molecular flexibility index (Phi) is 6.61. The molecule has 15 heteroatoms. The molecule has 4 rings (SSSR count). The number of carbonyl (C=O) groups is 1. The molecule has 1 fully saturated rings. The Morgan fingerprint density at radius 3 is 2.53 bits per heavy atom. The number of benzene rings is 1. The summed E-state index contributed by atoms with van der Waals surface area (Å²) in [6.45, 7) is -0.416. The van der Waals surface area contributed by atoms with Crippen molar-refractivity contribution in [1.82, 2.24) is 19.5 Å². The molecule has 3 heterocycles. The fraction of sp³-hybridized carbons (Fsp3) is 0.294. The van der Waals surface area contributed by atoms with E-state index in [0.717, 1.165) is 24.3 Å². The smallest absolute Gasteiger partial charge is 0.338 e. The van der Waals surface area contributed by atoms with Gasteiger partial charge in [-0.15, -0.1) is 16.3 Å². The van der Waals surface area contributed by atoms with Gasteiger partial charge in [0.1, 0.15) is 36.8 Å². The molecule has 1 aromatic carbocycles. The van der Waals surface area contributed by atoms with Crippen LogP contribution in [0.1, 0.15) is 16.6 Å². The number of anilines is 1. The largest absolute Gasteiger partial charge is 0.459 e. The highest BCUT2D eigenvalue weighted by Crippen LogP contribution is 2.32. The molecular weight excluding hydrogens is 473 g/mol. The van der Waals surface area contributed by atoms with E-state index in [1.807, 2.05) is 0 Å². The average molecular weight is 490 g/mol. The minimum atomic E-state index is -4.89. The van der Waals surface area contributed by atoms with Crippen LogP contribution in [0.4, 0.5) is 9.70 Å². The number of nitrogen functional groups attached to an aromatic ring is 1. The summed E-state index contributed by atoms with van der Waals surface area (Å²) in [4.78, 5) is 23.5. The van der Waals surface area contributed by atoms with E-state index in [2.05, 4.69) is 15.0 Å². The van der Waals surface area contributed by atoms with Crippen LogP contribution in [-0.4, -0.2) is 69.0 Å². The number of aromatic nitrogens is 4. The molecule has 3 aromatic rings. The van der Waals surface area contributed by atoms with E-state index in [1.165, 1.54) is 17.2 Å². The lowest BCUT2D eigenvalue weighted by Crippen LogP contribution is -2.34. The lowest BCUT2D eigenvalue weighted by Gasteiger charge is -2.16. The van der Waals surface area contributed by atoms with Crippen LogP contribution in [-0.2, 0) is 19.7 Å². The number of hydrogen-bond donors (Lipinski definition) is 3. The maximum atomic E-state index is 12.9. The van der Waals surface area contributed by atoms with Gasteiger partial charge in [0.25, 0.3) is 0 Å². The Hall–Kier alpha value is -2.91. The minimum absolute atomic E-state index is 0. The molecule has 0 spiro atoms. The van der Waals surface area contributed by atoms with E-state index in [4.69, 9.17) is 15.2 Å². The summed E-state index contributed by atoms with van der Waals surface area (Å²) in [6, 6.07) is 4.01. The fourth-order valence-corrected chi connectivity index (χ4v) is 3.61. The molecule has 0 aliphatic carbocycles. The molecule has 1 aliphatic heterocycles. The average Bonchev–Trinajstić information content (AvgIpc) is 3.28. The topological polar surface area (TPSA) is 180 Å². The van der Waals surface area contributed by atoms with Crippen molar-refractivity contribution in [2.45, 2.75) is 29.4 Å². The minimum Gasteiger partial charge on any atom is -0.459 e. The number of carbonyl (C=O) groups excluding carboxylic acids is 1. The number of aliphatic hydroxyl groups is 2. The first kappa shape index (κ1) is 23.7. The third-order valence-corrected chi connectivity index (χ3v) is 5.58. The van der Waals surface area contributed by atoms with Crippen molar-refractivity contribution in [3.05, 3.63) is 42.5 Å². The van der Waals surface area contributed by atoms with Crippen LogP contribution >= 0.6 is 12.4 Å². The summed E-state index contributed by atoms with van der Waals surface area (Å²) >= 11 is 0. The quantitative estimate of drug-likeness (QED) is 0.323. The molecule has 2 aromatic heterocycles. The predicted molar refractivity (Wildman–Crippen MR) is 108 cm³/mol. The highest BCUT2D eigenvalue weighted by atomic mass is 35.5. The zero-order valence-electron chi connectivity index (χ0n) is 16.0. The maximum Gasteiger partial charge on any atom is 0.338 e. The second-order valence-corrected chi connectivity index (χ2v) is 8.04. The summed E-state index contributed by atoms with van der Waals surface area (Å²) in [5.41, 5.74) is 6.27. The standard InChI is InChI=1S/C17H16FN5O7S.ClH/c18-31(27,28)9-3-1-8(2-4-9)17(26)29-5-10-12(24)13(25)16(30-10)23-7-22-11-14(19)20-6-21-15(11)23;/h1-4,6-7,10,12-13,16,24-25H,5H2,(H2,19,20,21);1H/t10-,12-,13-,16-;/m1./s1. The number of esters is 1. The van der Waals surface area contributed by atoms with Crippen LogP contribution in [0.25, 0.3) is 11.2 Å². The maximum absolute atomic E-state index is 12.9. The van der Waals surface area contributed by atoms with Crippen LogP contribution in [0.15, 0.2) is 41.8 Å². The van der Waals surface area contributed by atoms with E-state index in [1.54, 1.807) is 0 Å². The summed E-state index contributed by atoms with van der Waals surface area (Å²) in [5.74, 6) is -0.723. The molecular formula is C17H17ClFN5O7S. The summed E-state index contributed by atoms with van der Waals surface area (Å²) in [5, 5.41) is 20.7. The molecule has 12 nitrogen and oxygen atoms in total. The zero-order chi connectivity index (χ0) is 22.3. The summed E-state index contributed by atoms with van der Waals surface area (Å²) in [6.07, 6.45) is -2.39. The van der Waals surface area contributed by atoms with E-state index in [-0.39, 0.29) is 29.4 Å². The van der Waals surface area contributed by atoms with Gasteiger partial charge in [-0.1, -0.05) is 0 Å². The first-order valence-corrected chi connectivity index (χ1v) is 10.2. The van der Waals surface area contributed by atoms with Crippen LogP contribution in [0, 0.1) is 0 Å². The van der Waals surface area contributed by atoms with Crippen molar-refractivity contribution in [2.24, 2.45) is 0 Å². The van der Waals surface area contributed by atoms with Crippen LogP contribution in [0.3, 0.4) is 0 Å². The fourth-order valence-electron chi connectivity index (χ4n) is 3.15. The lowest BCUT2D eigenvalue weighted by molar-refractivity contribution is -0.0565. The van der Waals surface area contributed by atoms with Gasteiger partial charge in [-0.3, -0.25) is 4.57 Å². The van der Waals surface area contributed by atoms with E-state index < -0.39 is 52.2 Å². The van der Waals surface area contributed by atoms with Crippen molar-refractivity contribution in [3.8, 4) is 0 Å². The number of hydrogen-bond acceptors (Lipinski definition) is 11. The monoisotopic (exact) mass is 489 g/mol. The van der Waals surface area contributed by atoms with Gasteiger partial charge in [0, 0.05) is 0 Å². The molecule has 0 unspecified atom stereocenters. The van der Waals surface area contributed by atoms with Gasteiger partial charge in [0.2, 0.25) is 0 Å². The molecule has 0 radical (unpaired) electrons. The molecule has 0 amide bonds. The molecule has 1 saturated heterocycles. The Labute approximate surface area is 186 Å². The summed E-state index contributed by atoms with van der Waals surface area (Å²) < 4.78 is 46.7. The van der Waals surface area contributed by atoms with E-state index in [0.29, 0.717) is 5.52 Å². The molecule has 4 atom stereocenters. The van der Waals surface area contributed by atoms with Gasteiger partial charge in [-0.2, -0.15) is 8.42 Å². The number of halogens is 2. The van der Waals surface area contributed by atoms with Gasteiger partial charge in [0.15, 0.2) is 17.7 Å². The third-order valence-electron chi connectivity index (χ3n) is 4.75. The van der Waals surface area contributed by atoms with Crippen LogP contribution in [0.5, 0.6) is 0 Å². The first-order chi connectivity index (χ1) is 14.7. The number of imidazole rings is 1. The van der Waals surface area contributed by atoms with Crippen molar-refractivity contribution in [2.75, 3.05) is 12.3 Å². The normalized spacial score (nSPS) is 23.1. The Morgan fingerprint density at radius 2 is 1.88 bits per heavy atom. The third kappa shape index (κ3) is 4.35. The number of aliphatic hydroxyl groups excluding tert-OH is 2. The highest BCUT2D eigenvalue weighted by Gasteiger charge is 2.45. The number of rotatable bonds is 5. The molecule has 1 aliphatic rings. The van der Waals surface area contributed by atoms with Crippen molar-refractivity contribution < 1.29 is 36.8 Å². The van der Waals surface area contributed by atoms with E-state index >= 15 is 0 Å². The molecule has 4 N–H and O–H groups in total. The van der Waals surface area contributed by atoms with Gasteiger partial charge >= 0.3 is 16.2 Å². The molecule has 32 heavy (non-hydrogen) atoms. The van der Waals surface area contributed by atoms with Gasteiger partial charge < -0.3 is 25.4 Å². The zero-order valence-corrected chi connectivity index (χ0v) is 17.6. The van der Waals surface area contributed by atoms with Crippen molar-refractivity contribution in [1.29, 1.82) is 0 Å². The van der Waals surface area contributed by atoms with Crippen molar-refractivity contribution in [3.63, 3.8) is 0 Å². The summed E-state index contributed by atoms with van der Waals surface area (Å²) in [7, 11) is -4.89. The van der Waals surface area contributed by atoms with Crippen molar-refractivity contribution >= 4 is 45.6 Å². The Balaban J connectivity index is 0.00000289. The Morgan fingerprint density at radius 1 is 1.19 bits per heavy atom. The predicted octanol–water partition coefficient (Wildman–Crippen LogP) is -0.0353. The van der Waals surface area contributed by atoms with Crippen LogP contribution in [0.2, 0.25) is 0 Å². The Bertz CT molecular complexity index is 1240. The number of nitrogens with zero attached hydrogens (tertiary/aromatic N) is 4. The molecule has 0 bridgehead atoms. The van der Waals surface area contributed by atoms with Gasteiger partial charge in [-0.05, 0) is 24.3 Å². The number of ether oxygens (including phenoxy) is 2. The number of nitrogens with two attached hydrogens (primary N) is 1. The second-order valence-electron chi connectivity index (χ2n) is 6.69. The number of fused-ring (bicyclic) bond motifs is 1. The lowest BCUT2D eigenvalue weighted by atomic mass is 10.1. The van der Waals surface area contributed by atoms with Gasteiger partial charge in [0.05, 0.1) is 16.8 Å². The first-order valence-electron chi connectivity index (χ1n) is 8.83. The van der Waals surface area contributed by atoms with E-state index in [9.17, 15) is 27.3 Å². The van der Waals surface area contributed by atoms with Gasteiger partial charge in [-0.25, -0.2) is 19.7 Å². The molecule has 172 valence electrons. The van der Waals surface area contributed by atoms with Crippen LogP contribution < -0.4 is 5.73 Å². The second kappa shape index (κ2) is 8.91.